The van der Waals surface area contributed by atoms with Crippen molar-refractivity contribution in [3.8, 4) is 5.88 Å². The van der Waals surface area contributed by atoms with Crippen molar-refractivity contribution in [3.05, 3.63) is 18.5 Å². The first-order valence-corrected chi connectivity index (χ1v) is 6.11. The maximum atomic E-state index is 9.66. The van der Waals surface area contributed by atoms with Gasteiger partial charge in [-0.2, -0.15) is 0 Å². The Hall–Kier alpha value is -1.95. The van der Waals surface area contributed by atoms with Crippen molar-refractivity contribution in [2.45, 2.75) is 18.9 Å². The molecule has 18 heavy (non-hydrogen) atoms. The van der Waals surface area contributed by atoms with Crippen molar-refractivity contribution < 1.29 is 5.11 Å². The molecule has 1 saturated heterocycles. The van der Waals surface area contributed by atoms with E-state index in [9.17, 15) is 5.11 Å². The van der Waals surface area contributed by atoms with Crippen LogP contribution in [-0.4, -0.2) is 39.4 Å². The summed E-state index contributed by atoms with van der Waals surface area (Å²) in [5.41, 5.74) is 0. The maximum absolute atomic E-state index is 9.66. The molecule has 3 rings (SSSR count). The standard InChI is InChI=1S/C12H15N5O/c18-12-9-3-5-14-7-10(9)11(16-17-12)15-8-2-1-4-13-6-8/h3,5,7-8,13H,1-2,4,6H2,(H,15,16)(H,17,18)/t8-/m1/s1. The van der Waals surface area contributed by atoms with Gasteiger partial charge in [-0.15, -0.1) is 10.2 Å². The molecular formula is C12H15N5O. The van der Waals surface area contributed by atoms with Crippen LogP contribution in [0.4, 0.5) is 5.82 Å². The number of nitrogens with one attached hydrogen (secondary N) is 2. The van der Waals surface area contributed by atoms with Crippen molar-refractivity contribution in [3.63, 3.8) is 0 Å². The zero-order valence-corrected chi connectivity index (χ0v) is 9.93. The van der Waals surface area contributed by atoms with Crippen molar-refractivity contribution in [2.24, 2.45) is 0 Å². The first-order valence-electron chi connectivity index (χ1n) is 6.11. The quantitative estimate of drug-likeness (QED) is 0.729. The van der Waals surface area contributed by atoms with Gasteiger partial charge in [0.25, 0.3) is 0 Å². The van der Waals surface area contributed by atoms with E-state index in [1.165, 1.54) is 0 Å². The number of aromatic nitrogens is 3. The second kappa shape index (κ2) is 4.73. The molecule has 2 aromatic rings. The number of pyridine rings is 1. The molecule has 1 aliphatic heterocycles. The molecule has 0 unspecified atom stereocenters. The van der Waals surface area contributed by atoms with E-state index in [-0.39, 0.29) is 5.88 Å². The Bertz CT molecular complexity index is 553. The largest absolute Gasteiger partial charge is 0.492 e. The van der Waals surface area contributed by atoms with Crippen LogP contribution >= 0.6 is 0 Å². The third-order valence-electron chi connectivity index (χ3n) is 3.20. The highest BCUT2D eigenvalue weighted by Crippen LogP contribution is 2.26. The highest BCUT2D eigenvalue weighted by molar-refractivity contribution is 5.93. The number of aromatic hydroxyl groups is 1. The third-order valence-corrected chi connectivity index (χ3v) is 3.20. The normalized spacial score (nSPS) is 19.9. The average Bonchev–Trinajstić information content (AvgIpc) is 2.44. The van der Waals surface area contributed by atoms with Gasteiger partial charge in [0.05, 0.1) is 5.39 Å². The molecule has 0 saturated carbocycles. The summed E-state index contributed by atoms with van der Waals surface area (Å²) in [7, 11) is 0. The molecule has 3 heterocycles. The highest BCUT2D eigenvalue weighted by Gasteiger charge is 2.15. The van der Waals surface area contributed by atoms with Gasteiger partial charge in [-0.05, 0) is 25.5 Å². The molecule has 94 valence electrons. The number of nitrogens with zero attached hydrogens (tertiary/aromatic N) is 3. The van der Waals surface area contributed by atoms with Crippen LogP contribution in [0.5, 0.6) is 5.88 Å². The summed E-state index contributed by atoms with van der Waals surface area (Å²) in [4.78, 5) is 4.07. The van der Waals surface area contributed by atoms with Gasteiger partial charge in [0.1, 0.15) is 0 Å². The molecule has 0 aliphatic carbocycles. The second-order valence-electron chi connectivity index (χ2n) is 4.48. The average molecular weight is 245 g/mol. The van der Waals surface area contributed by atoms with E-state index in [4.69, 9.17) is 0 Å². The molecule has 3 N–H and O–H groups in total. The van der Waals surface area contributed by atoms with E-state index < -0.39 is 0 Å². The Kier molecular flexibility index (Phi) is 2.93. The smallest absolute Gasteiger partial charge is 0.239 e. The Balaban J connectivity index is 1.94. The minimum Gasteiger partial charge on any atom is -0.492 e. The van der Waals surface area contributed by atoms with Crippen LogP contribution in [0.2, 0.25) is 0 Å². The number of piperidine rings is 1. The topological polar surface area (TPSA) is 83.0 Å². The van der Waals surface area contributed by atoms with Gasteiger partial charge in [-0.25, -0.2) is 0 Å². The lowest BCUT2D eigenvalue weighted by Crippen LogP contribution is -2.38. The molecule has 6 heteroatoms. The zero-order chi connectivity index (χ0) is 12.4. The van der Waals surface area contributed by atoms with Crippen LogP contribution in [0.25, 0.3) is 10.8 Å². The number of fused-ring (bicyclic) bond motifs is 1. The molecule has 2 aromatic heterocycles. The Morgan fingerprint density at radius 2 is 2.28 bits per heavy atom. The molecule has 1 aliphatic rings. The van der Waals surface area contributed by atoms with Crippen LogP contribution < -0.4 is 10.6 Å². The molecule has 0 spiro atoms. The predicted octanol–water partition coefficient (Wildman–Crippen LogP) is 0.894. The van der Waals surface area contributed by atoms with Gasteiger partial charge in [0, 0.05) is 30.4 Å². The van der Waals surface area contributed by atoms with Crippen LogP contribution in [-0.2, 0) is 0 Å². The number of anilines is 1. The van der Waals surface area contributed by atoms with Crippen LogP contribution in [0.3, 0.4) is 0 Å². The van der Waals surface area contributed by atoms with Gasteiger partial charge in [-0.1, -0.05) is 0 Å². The molecule has 0 aromatic carbocycles. The second-order valence-corrected chi connectivity index (χ2v) is 4.48. The Morgan fingerprint density at radius 3 is 3.11 bits per heavy atom. The summed E-state index contributed by atoms with van der Waals surface area (Å²) < 4.78 is 0. The Labute approximate surface area is 104 Å². The van der Waals surface area contributed by atoms with E-state index in [1.54, 1.807) is 18.5 Å². The van der Waals surface area contributed by atoms with Gasteiger partial charge in [0.15, 0.2) is 5.82 Å². The summed E-state index contributed by atoms with van der Waals surface area (Å²) in [5.74, 6) is 0.629. The van der Waals surface area contributed by atoms with E-state index in [2.05, 4.69) is 25.8 Å². The fourth-order valence-corrected chi connectivity index (χ4v) is 2.26. The fourth-order valence-electron chi connectivity index (χ4n) is 2.26. The van der Waals surface area contributed by atoms with Gasteiger partial charge >= 0.3 is 0 Å². The lowest BCUT2D eigenvalue weighted by atomic mass is 10.1. The Morgan fingerprint density at radius 1 is 1.33 bits per heavy atom. The van der Waals surface area contributed by atoms with E-state index in [0.29, 0.717) is 17.2 Å². The van der Waals surface area contributed by atoms with E-state index >= 15 is 0 Å². The number of rotatable bonds is 2. The first-order chi connectivity index (χ1) is 8.84. The number of hydrogen-bond donors (Lipinski definition) is 3. The summed E-state index contributed by atoms with van der Waals surface area (Å²) in [5, 5.41) is 25.6. The van der Waals surface area contributed by atoms with Crippen molar-refractivity contribution >= 4 is 16.6 Å². The lowest BCUT2D eigenvalue weighted by Gasteiger charge is -2.24. The first kappa shape index (κ1) is 11.2. The van der Waals surface area contributed by atoms with E-state index in [1.807, 2.05) is 0 Å². The molecular weight excluding hydrogens is 230 g/mol. The third kappa shape index (κ3) is 2.06. The van der Waals surface area contributed by atoms with Crippen molar-refractivity contribution in [2.75, 3.05) is 18.4 Å². The molecule has 6 nitrogen and oxygen atoms in total. The molecule has 1 atom stereocenters. The zero-order valence-electron chi connectivity index (χ0n) is 9.93. The summed E-state index contributed by atoms with van der Waals surface area (Å²) >= 11 is 0. The van der Waals surface area contributed by atoms with Crippen LogP contribution in [0, 0.1) is 0 Å². The van der Waals surface area contributed by atoms with Crippen LogP contribution in [0.15, 0.2) is 18.5 Å². The van der Waals surface area contributed by atoms with Crippen molar-refractivity contribution in [1.29, 1.82) is 0 Å². The highest BCUT2D eigenvalue weighted by atomic mass is 16.3. The van der Waals surface area contributed by atoms with Gasteiger partial charge in [-0.3, -0.25) is 4.98 Å². The van der Waals surface area contributed by atoms with Crippen LogP contribution in [0.1, 0.15) is 12.8 Å². The summed E-state index contributed by atoms with van der Waals surface area (Å²) in [6.45, 7) is 1.99. The SMILES string of the molecule is Oc1nnc(N[C@@H]2CCCNC2)c2cnccc12. The van der Waals surface area contributed by atoms with Crippen molar-refractivity contribution in [1.82, 2.24) is 20.5 Å². The maximum Gasteiger partial charge on any atom is 0.239 e. The molecule has 1 fully saturated rings. The molecule has 0 radical (unpaired) electrons. The van der Waals surface area contributed by atoms with Gasteiger partial charge in [0.2, 0.25) is 5.88 Å². The minimum atomic E-state index is -0.0558. The van der Waals surface area contributed by atoms with Gasteiger partial charge < -0.3 is 15.7 Å². The summed E-state index contributed by atoms with van der Waals surface area (Å²) in [6.07, 6.45) is 5.59. The number of hydrogen-bond acceptors (Lipinski definition) is 6. The monoisotopic (exact) mass is 245 g/mol. The molecule has 0 amide bonds. The lowest BCUT2D eigenvalue weighted by molar-refractivity contribution is 0.451. The minimum absolute atomic E-state index is 0.0558. The van der Waals surface area contributed by atoms with E-state index in [0.717, 1.165) is 31.3 Å². The summed E-state index contributed by atoms with van der Waals surface area (Å²) in [6, 6.07) is 2.09. The predicted molar refractivity (Wildman–Crippen MR) is 68.5 cm³/mol. The fraction of sp³-hybridized carbons (Fsp3) is 0.417. The molecule has 0 bridgehead atoms.